The van der Waals surface area contributed by atoms with E-state index in [4.69, 9.17) is 14.2 Å². The number of pyridine rings is 2. The van der Waals surface area contributed by atoms with Gasteiger partial charge in [0.25, 0.3) is 0 Å². The van der Waals surface area contributed by atoms with Crippen LogP contribution in [0.5, 0.6) is 17.4 Å². The van der Waals surface area contributed by atoms with Gasteiger partial charge in [-0.3, -0.25) is 4.98 Å². The van der Waals surface area contributed by atoms with E-state index in [2.05, 4.69) is 26.7 Å². The van der Waals surface area contributed by atoms with Crippen molar-refractivity contribution in [1.82, 2.24) is 9.97 Å². The van der Waals surface area contributed by atoms with Crippen LogP contribution in [0.4, 0.5) is 11.4 Å². The minimum atomic E-state index is 0.362. The van der Waals surface area contributed by atoms with Crippen LogP contribution in [-0.4, -0.2) is 30.9 Å². The highest BCUT2D eigenvalue weighted by atomic mass is 16.5. The fourth-order valence-corrected chi connectivity index (χ4v) is 3.18. The summed E-state index contributed by atoms with van der Waals surface area (Å²) in [4.78, 5) is 12.6. The van der Waals surface area contributed by atoms with E-state index in [1.807, 2.05) is 55.0 Å². The quantitative estimate of drug-likeness (QED) is 0.591. The first-order chi connectivity index (χ1) is 14.7. The second-order valence-corrected chi connectivity index (χ2v) is 6.72. The van der Waals surface area contributed by atoms with Crippen molar-refractivity contribution in [2.45, 2.75) is 6.61 Å². The van der Waals surface area contributed by atoms with Gasteiger partial charge in [-0.25, -0.2) is 4.98 Å². The summed E-state index contributed by atoms with van der Waals surface area (Å²) in [6, 6.07) is 11.5. The lowest BCUT2D eigenvalue weighted by molar-refractivity contribution is 0.284. The monoisotopic (exact) mass is 403 g/mol. The van der Waals surface area contributed by atoms with E-state index in [1.165, 1.54) is 0 Å². The van der Waals surface area contributed by atoms with Crippen LogP contribution in [0.15, 0.2) is 67.4 Å². The van der Waals surface area contributed by atoms with Gasteiger partial charge in [0.15, 0.2) is 11.5 Å². The van der Waals surface area contributed by atoms with E-state index in [-0.39, 0.29) is 0 Å². The first-order valence-corrected chi connectivity index (χ1v) is 9.45. The van der Waals surface area contributed by atoms with Crippen molar-refractivity contribution in [3.63, 3.8) is 0 Å². The van der Waals surface area contributed by atoms with Gasteiger partial charge in [-0.1, -0.05) is 0 Å². The van der Waals surface area contributed by atoms with Crippen LogP contribution in [-0.2, 0) is 6.61 Å². The van der Waals surface area contributed by atoms with Gasteiger partial charge in [-0.05, 0) is 36.8 Å². The van der Waals surface area contributed by atoms with Crippen LogP contribution in [0.3, 0.4) is 0 Å². The van der Waals surface area contributed by atoms with Crippen molar-refractivity contribution in [3.05, 3.63) is 85.4 Å². The van der Waals surface area contributed by atoms with Crippen molar-refractivity contribution < 1.29 is 14.2 Å². The standard InChI is InChI=1S/C23H23N4O3/c1-17-11-21(28-2)22(30-15-18-6-7-23(29-3)25-13-18)12-20(17)27-10-9-26(16-27)19-5-4-8-24-14-19/h4-14H,1,15-16H2,2-3H3. The predicted octanol–water partition coefficient (Wildman–Crippen LogP) is 4.01. The minimum Gasteiger partial charge on any atom is -0.493 e. The molecular weight excluding hydrogens is 380 g/mol. The second kappa shape index (κ2) is 8.73. The van der Waals surface area contributed by atoms with Crippen LogP contribution < -0.4 is 24.0 Å². The molecule has 0 bridgehead atoms. The molecule has 1 aliphatic rings. The van der Waals surface area contributed by atoms with Crippen LogP contribution >= 0.6 is 0 Å². The van der Waals surface area contributed by atoms with E-state index in [0.29, 0.717) is 30.7 Å². The number of aromatic nitrogens is 2. The molecule has 1 aromatic carbocycles. The molecule has 4 rings (SSSR count). The Kier molecular flexibility index (Phi) is 5.70. The van der Waals surface area contributed by atoms with E-state index < -0.39 is 0 Å². The van der Waals surface area contributed by atoms with E-state index >= 15 is 0 Å². The summed E-state index contributed by atoms with van der Waals surface area (Å²) < 4.78 is 16.6. The lowest BCUT2D eigenvalue weighted by atomic mass is 10.1. The topological polar surface area (TPSA) is 60.0 Å². The highest BCUT2D eigenvalue weighted by Gasteiger charge is 2.19. The van der Waals surface area contributed by atoms with Crippen LogP contribution in [0.25, 0.3) is 0 Å². The molecule has 0 unspecified atom stereocenters. The number of nitrogens with zero attached hydrogens (tertiary/aromatic N) is 4. The number of ether oxygens (including phenoxy) is 3. The van der Waals surface area contributed by atoms with Gasteiger partial charge in [0, 0.05) is 48.2 Å². The van der Waals surface area contributed by atoms with Gasteiger partial charge >= 0.3 is 0 Å². The fraction of sp³-hybridized carbons (Fsp3) is 0.174. The molecule has 0 fully saturated rings. The molecule has 2 aromatic heterocycles. The molecule has 7 nitrogen and oxygen atoms in total. The summed E-state index contributed by atoms with van der Waals surface area (Å²) >= 11 is 0. The fourth-order valence-electron chi connectivity index (χ4n) is 3.18. The maximum atomic E-state index is 6.05. The van der Waals surface area contributed by atoms with E-state index in [1.54, 1.807) is 26.6 Å². The van der Waals surface area contributed by atoms with Gasteiger partial charge in [0.1, 0.15) is 6.61 Å². The minimum absolute atomic E-state index is 0.362. The lowest BCUT2D eigenvalue weighted by Crippen LogP contribution is -2.25. The maximum Gasteiger partial charge on any atom is 0.212 e. The molecule has 0 N–H and O–H groups in total. The van der Waals surface area contributed by atoms with Gasteiger partial charge in [0.2, 0.25) is 5.88 Å². The molecule has 0 aliphatic carbocycles. The number of hydrogen-bond donors (Lipinski definition) is 0. The highest BCUT2D eigenvalue weighted by molar-refractivity contribution is 5.67. The summed E-state index contributed by atoms with van der Waals surface area (Å²) in [5, 5.41) is 0. The molecule has 153 valence electrons. The Bertz CT molecular complexity index is 1020. The molecular formula is C23H23N4O3. The molecule has 1 aliphatic heterocycles. The Morgan fingerprint density at radius 1 is 1.00 bits per heavy atom. The van der Waals surface area contributed by atoms with E-state index in [9.17, 15) is 0 Å². The van der Waals surface area contributed by atoms with Crippen LogP contribution in [0, 0.1) is 6.92 Å². The van der Waals surface area contributed by atoms with E-state index in [0.717, 1.165) is 22.5 Å². The Morgan fingerprint density at radius 3 is 2.57 bits per heavy atom. The average Bonchev–Trinajstić information content (AvgIpc) is 3.29. The third kappa shape index (κ3) is 4.15. The Morgan fingerprint density at radius 2 is 1.87 bits per heavy atom. The molecule has 7 heteroatoms. The van der Waals surface area contributed by atoms with Crippen molar-refractivity contribution in [2.75, 3.05) is 30.7 Å². The predicted molar refractivity (Wildman–Crippen MR) is 116 cm³/mol. The van der Waals surface area contributed by atoms with Gasteiger partial charge in [0.05, 0.1) is 32.8 Å². The van der Waals surface area contributed by atoms with Gasteiger partial charge in [-0.15, -0.1) is 0 Å². The summed E-state index contributed by atoms with van der Waals surface area (Å²) in [6.45, 7) is 5.20. The first-order valence-electron chi connectivity index (χ1n) is 9.45. The zero-order valence-electron chi connectivity index (χ0n) is 17.0. The highest BCUT2D eigenvalue weighted by Crippen LogP contribution is 2.37. The SMILES string of the molecule is [CH2]c1cc(OC)c(OCc2ccc(OC)nc2)cc1N1C=CN(c2cccnc2)C1. The molecule has 30 heavy (non-hydrogen) atoms. The summed E-state index contributed by atoms with van der Waals surface area (Å²) in [5.74, 6) is 1.85. The Labute approximate surface area is 176 Å². The number of benzene rings is 1. The third-order valence-corrected chi connectivity index (χ3v) is 4.78. The number of rotatable bonds is 7. The summed E-state index contributed by atoms with van der Waals surface area (Å²) in [7, 11) is 3.21. The summed E-state index contributed by atoms with van der Waals surface area (Å²) in [6.07, 6.45) is 9.37. The molecule has 0 amide bonds. The molecule has 0 spiro atoms. The number of methoxy groups -OCH3 is 2. The second-order valence-electron chi connectivity index (χ2n) is 6.72. The van der Waals surface area contributed by atoms with Crippen molar-refractivity contribution in [3.8, 4) is 17.4 Å². The largest absolute Gasteiger partial charge is 0.493 e. The maximum absolute atomic E-state index is 6.05. The first kappa shape index (κ1) is 19.6. The molecule has 3 heterocycles. The van der Waals surface area contributed by atoms with Crippen molar-refractivity contribution >= 4 is 11.4 Å². The summed E-state index contributed by atoms with van der Waals surface area (Å²) in [5.41, 5.74) is 3.75. The smallest absolute Gasteiger partial charge is 0.212 e. The van der Waals surface area contributed by atoms with Crippen molar-refractivity contribution in [1.29, 1.82) is 0 Å². The van der Waals surface area contributed by atoms with Crippen LogP contribution in [0.2, 0.25) is 0 Å². The third-order valence-electron chi connectivity index (χ3n) is 4.78. The molecule has 1 radical (unpaired) electrons. The Balaban J connectivity index is 1.52. The van der Waals surface area contributed by atoms with Crippen molar-refractivity contribution in [2.24, 2.45) is 0 Å². The van der Waals surface area contributed by atoms with Crippen LogP contribution in [0.1, 0.15) is 11.1 Å². The molecule has 0 saturated heterocycles. The zero-order valence-corrected chi connectivity index (χ0v) is 17.0. The number of anilines is 2. The molecule has 0 saturated carbocycles. The Hall–Kier alpha value is -3.74. The van der Waals surface area contributed by atoms with Gasteiger partial charge < -0.3 is 24.0 Å². The van der Waals surface area contributed by atoms with Gasteiger partial charge in [-0.2, -0.15) is 0 Å². The molecule has 0 atom stereocenters. The average molecular weight is 403 g/mol. The molecule has 3 aromatic rings. The normalized spacial score (nSPS) is 12.9. The lowest BCUT2D eigenvalue weighted by Gasteiger charge is -2.24. The number of hydrogen-bond acceptors (Lipinski definition) is 7. The zero-order chi connectivity index (χ0) is 20.9.